The molecule has 0 atom stereocenters. The van der Waals surface area contributed by atoms with Crippen LogP contribution < -0.4 is 4.90 Å². The van der Waals surface area contributed by atoms with Gasteiger partial charge in [-0.1, -0.05) is 0 Å². The molecule has 5 nitrogen and oxygen atoms in total. The Bertz CT molecular complexity index is 722. The fraction of sp³-hybridized carbons (Fsp3) is 0.400. The highest BCUT2D eigenvalue weighted by atomic mass is 16.3. The van der Waals surface area contributed by atoms with Gasteiger partial charge in [0.05, 0.1) is 6.07 Å². The molecule has 1 saturated carbocycles. The van der Waals surface area contributed by atoms with Crippen LogP contribution in [0.4, 0.5) is 5.69 Å². The molecule has 0 unspecified atom stereocenters. The number of nitriles is 1. The van der Waals surface area contributed by atoms with E-state index in [2.05, 4.69) is 11.1 Å². The Morgan fingerprint density at radius 2 is 2.25 bits per heavy atom. The van der Waals surface area contributed by atoms with Crippen LogP contribution in [0.1, 0.15) is 25.2 Å². The number of aryl methyl sites for hydroxylation is 1. The average Bonchev–Trinajstić information content (AvgIpc) is 2.76. The molecule has 1 fully saturated rings. The molecule has 102 valence electrons. The molecule has 1 aliphatic rings. The number of rotatable bonds is 2. The second-order valence-corrected chi connectivity index (χ2v) is 5.30. The van der Waals surface area contributed by atoms with E-state index in [0.29, 0.717) is 24.3 Å². The Labute approximate surface area is 116 Å². The molecule has 0 bridgehead atoms. The zero-order chi connectivity index (χ0) is 14.3. The average molecular weight is 269 g/mol. The number of hydrogen-bond donors (Lipinski definition) is 0. The van der Waals surface area contributed by atoms with Gasteiger partial charge >= 0.3 is 0 Å². The number of benzene rings is 1. The molecule has 0 aliphatic heterocycles. The Morgan fingerprint density at radius 3 is 2.85 bits per heavy atom. The highest BCUT2D eigenvalue weighted by molar-refractivity contribution is 6.00. The summed E-state index contributed by atoms with van der Waals surface area (Å²) in [6, 6.07) is 7.61. The number of anilines is 1. The predicted octanol–water partition coefficient (Wildman–Crippen LogP) is 2.79. The second kappa shape index (κ2) is 4.34. The van der Waals surface area contributed by atoms with E-state index < -0.39 is 5.41 Å². The lowest BCUT2D eigenvalue weighted by molar-refractivity contribution is -0.128. The third-order valence-corrected chi connectivity index (χ3v) is 4.00. The zero-order valence-electron chi connectivity index (χ0n) is 11.5. The van der Waals surface area contributed by atoms with Crippen molar-refractivity contribution in [2.45, 2.75) is 26.2 Å². The van der Waals surface area contributed by atoms with Gasteiger partial charge in [0, 0.05) is 19.7 Å². The maximum atomic E-state index is 12.5. The molecular formula is C15H15N3O2. The first-order chi connectivity index (χ1) is 9.55. The van der Waals surface area contributed by atoms with Gasteiger partial charge in [0.1, 0.15) is 10.9 Å². The van der Waals surface area contributed by atoms with Gasteiger partial charge in [-0.15, -0.1) is 0 Å². The third-order valence-electron chi connectivity index (χ3n) is 4.00. The van der Waals surface area contributed by atoms with E-state index in [1.807, 2.05) is 12.1 Å². The van der Waals surface area contributed by atoms with Crippen LogP contribution in [0.25, 0.3) is 11.1 Å². The third kappa shape index (κ3) is 1.76. The lowest BCUT2D eigenvalue weighted by Gasteiger charge is -2.36. The highest BCUT2D eigenvalue weighted by Gasteiger charge is 2.46. The Balaban J connectivity index is 1.94. The SMILES string of the molecule is Cc1nc2cc(N(C)C(=O)C3(C#N)CCC3)ccc2o1. The normalized spacial score (nSPS) is 16.4. The van der Waals surface area contributed by atoms with Crippen LogP contribution in [0.5, 0.6) is 0 Å². The smallest absolute Gasteiger partial charge is 0.247 e. The van der Waals surface area contributed by atoms with Crippen molar-refractivity contribution in [3.05, 3.63) is 24.1 Å². The van der Waals surface area contributed by atoms with Gasteiger partial charge in [-0.3, -0.25) is 4.79 Å². The minimum atomic E-state index is -0.830. The van der Waals surface area contributed by atoms with Crippen molar-refractivity contribution in [2.75, 3.05) is 11.9 Å². The number of carbonyl (C=O) groups excluding carboxylic acids is 1. The molecule has 5 heteroatoms. The van der Waals surface area contributed by atoms with Gasteiger partial charge in [0.2, 0.25) is 5.91 Å². The van der Waals surface area contributed by atoms with E-state index in [9.17, 15) is 10.1 Å². The van der Waals surface area contributed by atoms with E-state index >= 15 is 0 Å². The Morgan fingerprint density at radius 1 is 1.50 bits per heavy atom. The molecular weight excluding hydrogens is 254 g/mol. The first-order valence-corrected chi connectivity index (χ1v) is 6.62. The molecule has 1 heterocycles. The van der Waals surface area contributed by atoms with Crippen molar-refractivity contribution in [1.29, 1.82) is 5.26 Å². The van der Waals surface area contributed by atoms with Gasteiger partial charge in [0.15, 0.2) is 11.5 Å². The summed E-state index contributed by atoms with van der Waals surface area (Å²) in [5.74, 6) is 0.462. The summed E-state index contributed by atoms with van der Waals surface area (Å²) in [5, 5.41) is 9.25. The molecule has 0 N–H and O–H groups in total. The maximum Gasteiger partial charge on any atom is 0.247 e. The molecule has 20 heavy (non-hydrogen) atoms. The Kier molecular flexibility index (Phi) is 2.75. The molecule has 1 aliphatic carbocycles. The van der Waals surface area contributed by atoms with Gasteiger partial charge < -0.3 is 9.32 Å². The van der Waals surface area contributed by atoms with Crippen LogP contribution in [0.3, 0.4) is 0 Å². The molecule has 0 radical (unpaired) electrons. The summed E-state index contributed by atoms with van der Waals surface area (Å²) in [7, 11) is 1.70. The second-order valence-electron chi connectivity index (χ2n) is 5.30. The number of oxazole rings is 1. The maximum absolute atomic E-state index is 12.5. The molecule has 3 rings (SSSR count). The number of amides is 1. The first kappa shape index (κ1) is 12.7. The van der Waals surface area contributed by atoms with Crippen molar-refractivity contribution < 1.29 is 9.21 Å². The van der Waals surface area contributed by atoms with E-state index in [4.69, 9.17) is 4.42 Å². The van der Waals surface area contributed by atoms with E-state index in [-0.39, 0.29) is 5.91 Å². The minimum absolute atomic E-state index is 0.134. The molecule has 1 aromatic heterocycles. The molecule has 0 saturated heterocycles. The van der Waals surface area contributed by atoms with E-state index in [1.54, 1.807) is 24.9 Å². The van der Waals surface area contributed by atoms with Gasteiger partial charge in [0.25, 0.3) is 0 Å². The number of hydrogen-bond acceptors (Lipinski definition) is 4. The lowest BCUT2D eigenvalue weighted by atomic mass is 9.69. The zero-order valence-corrected chi connectivity index (χ0v) is 11.5. The fourth-order valence-electron chi connectivity index (χ4n) is 2.58. The first-order valence-electron chi connectivity index (χ1n) is 6.62. The molecule has 0 spiro atoms. The predicted molar refractivity (Wildman–Crippen MR) is 74.1 cm³/mol. The number of aromatic nitrogens is 1. The van der Waals surface area contributed by atoms with Crippen LogP contribution in [0.2, 0.25) is 0 Å². The summed E-state index contributed by atoms with van der Waals surface area (Å²) < 4.78 is 5.42. The summed E-state index contributed by atoms with van der Waals surface area (Å²) in [6.45, 7) is 1.79. The van der Waals surface area contributed by atoms with Crippen LogP contribution >= 0.6 is 0 Å². The standard InChI is InChI=1S/C15H15N3O2/c1-10-17-12-8-11(4-5-13(12)20-10)18(2)14(19)15(9-16)6-3-7-15/h4-5,8H,3,6-7H2,1-2H3. The van der Waals surface area contributed by atoms with Crippen molar-refractivity contribution in [3.8, 4) is 6.07 Å². The van der Waals surface area contributed by atoms with E-state index in [1.165, 1.54) is 0 Å². The lowest BCUT2D eigenvalue weighted by Crippen LogP contribution is -2.45. The van der Waals surface area contributed by atoms with Gasteiger partial charge in [-0.2, -0.15) is 5.26 Å². The van der Waals surface area contributed by atoms with Crippen LogP contribution in [0.15, 0.2) is 22.6 Å². The fourth-order valence-corrected chi connectivity index (χ4v) is 2.58. The molecule has 2 aromatic rings. The van der Waals surface area contributed by atoms with Crippen LogP contribution in [-0.2, 0) is 4.79 Å². The van der Waals surface area contributed by atoms with Crippen LogP contribution in [-0.4, -0.2) is 17.9 Å². The summed E-state index contributed by atoms with van der Waals surface area (Å²) in [4.78, 5) is 18.3. The number of nitrogens with zero attached hydrogens (tertiary/aromatic N) is 3. The Hall–Kier alpha value is -2.35. The van der Waals surface area contributed by atoms with E-state index in [0.717, 1.165) is 17.6 Å². The van der Waals surface area contributed by atoms with Crippen molar-refractivity contribution in [2.24, 2.45) is 5.41 Å². The van der Waals surface area contributed by atoms with Crippen molar-refractivity contribution >= 4 is 22.7 Å². The highest BCUT2D eigenvalue weighted by Crippen LogP contribution is 2.42. The van der Waals surface area contributed by atoms with Crippen molar-refractivity contribution in [3.63, 3.8) is 0 Å². The largest absolute Gasteiger partial charge is 0.441 e. The summed E-state index contributed by atoms with van der Waals surface area (Å²) in [5.41, 5.74) is 1.33. The topological polar surface area (TPSA) is 70.1 Å². The minimum Gasteiger partial charge on any atom is -0.441 e. The van der Waals surface area contributed by atoms with Gasteiger partial charge in [-0.25, -0.2) is 4.98 Å². The summed E-state index contributed by atoms with van der Waals surface area (Å²) >= 11 is 0. The molecule has 1 amide bonds. The summed E-state index contributed by atoms with van der Waals surface area (Å²) in [6.07, 6.45) is 2.24. The van der Waals surface area contributed by atoms with Crippen molar-refractivity contribution in [1.82, 2.24) is 4.98 Å². The quantitative estimate of drug-likeness (QED) is 0.840. The van der Waals surface area contributed by atoms with Gasteiger partial charge in [-0.05, 0) is 37.5 Å². The molecule has 1 aromatic carbocycles. The number of carbonyl (C=O) groups is 1. The number of fused-ring (bicyclic) bond motifs is 1. The monoisotopic (exact) mass is 269 g/mol. The van der Waals surface area contributed by atoms with Crippen LogP contribution in [0, 0.1) is 23.7 Å².